The van der Waals surface area contributed by atoms with Crippen LogP contribution in [0.2, 0.25) is 0 Å². The Balaban J connectivity index is 1.67. The van der Waals surface area contributed by atoms with Gasteiger partial charge in [-0.2, -0.15) is 10.4 Å². The van der Waals surface area contributed by atoms with Crippen molar-refractivity contribution in [2.24, 2.45) is 7.05 Å². The first-order chi connectivity index (χ1) is 12.1. The fraction of sp³-hybridized carbons (Fsp3) is 0.444. The van der Waals surface area contributed by atoms with Crippen LogP contribution in [0.25, 0.3) is 0 Å². The average molecular weight is 342 g/mol. The zero-order valence-corrected chi connectivity index (χ0v) is 14.7. The number of hydrogen-bond acceptors (Lipinski definition) is 6. The van der Waals surface area contributed by atoms with Gasteiger partial charge in [0.1, 0.15) is 17.9 Å². The van der Waals surface area contributed by atoms with E-state index in [1.807, 2.05) is 38.5 Å². The summed E-state index contributed by atoms with van der Waals surface area (Å²) >= 11 is 0. The van der Waals surface area contributed by atoms with Gasteiger partial charge in [0.25, 0.3) is 0 Å². The van der Waals surface area contributed by atoms with Crippen LogP contribution in [0.5, 0.6) is 11.5 Å². The third-order valence-electron chi connectivity index (χ3n) is 4.35. The molecule has 1 aliphatic rings. The molecule has 3 rings (SSSR count). The van der Waals surface area contributed by atoms with Gasteiger partial charge in [-0.1, -0.05) is 6.07 Å². The Labute approximate surface area is 147 Å². The first-order valence-electron chi connectivity index (χ1n) is 8.11. The molecule has 1 saturated heterocycles. The standard InChI is InChI=1S/C18H22N4O3/c1-21(9-13-4-5-17(23-3)14(6-13)7-19)16-11-24-12-18(16)25-15-8-20-22(2)10-15/h4-6,8,10,16,18H,9,11-12H2,1-3H3/t16-,18+/m0/s1. The van der Waals surface area contributed by atoms with E-state index in [1.165, 1.54) is 0 Å². The number of rotatable bonds is 6. The van der Waals surface area contributed by atoms with Gasteiger partial charge < -0.3 is 14.2 Å². The number of hydrogen-bond donors (Lipinski definition) is 0. The molecule has 0 aliphatic carbocycles. The Bertz CT molecular complexity index is 768. The van der Waals surface area contributed by atoms with E-state index < -0.39 is 0 Å². The van der Waals surface area contributed by atoms with E-state index in [9.17, 15) is 5.26 Å². The van der Waals surface area contributed by atoms with Gasteiger partial charge in [-0.3, -0.25) is 9.58 Å². The molecule has 0 saturated carbocycles. The Morgan fingerprint density at radius 1 is 1.44 bits per heavy atom. The molecule has 0 N–H and O–H groups in total. The zero-order valence-electron chi connectivity index (χ0n) is 14.7. The maximum Gasteiger partial charge on any atom is 0.157 e. The van der Waals surface area contributed by atoms with Gasteiger partial charge in [0, 0.05) is 13.6 Å². The number of nitriles is 1. The van der Waals surface area contributed by atoms with Crippen molar-refractivity contribution < 1.29 is 14.2 Å². The maximum absolute atomic E-state index is 9.24. The smallest absolute Gasteiger partial charge is 0.157 e. The molecule has 2 heterocycles. The first-order valence-corrected chi connectivity index (χ1v) is 8.11. The molecule has 1 aromatic heterocycles. The molecule has 2 aromatic rings. The third-order valence-corrected chi connectivity index (χ3v) is 4.35. The second kappa shape index (κ2) is 7.55. The summed E-state index contributed by atoms with van der Waals surface area (Å²) in [5.74, 6) is 1.34. The van der Waals surface area contributed by atoms with Crippen LogP contribution in [-0.2, 0) is 18.3 Å². The monoisotopic (exact) mass is 342 g/mol. The van der Waals surface area contributed by atoms with Crippen LogP contribution in [0, 0.1) is 11.3 Å². The Morgan fingerprint density at radius 2 is 2.28 bits per heavy atom. The lowest BCUT2D eigenvalue weighted by molar-refractivity contribution is 0.112. The van der Waals surface area contributed by atoms with E-state index in [1.54, 1.807) is 18.0 Å². The molecule has 0 radical (unpaired) electrons. The van der Waals surface area contributed by atoms with Crippen LogP contribution in [0.3, 0.4) is 0 Å². The van der Waals surface area contributed by atoms with Gasteiger partial charge in [0.2, 0.25) is 0 Å². The minimum atomic E-state index is -0.0529. The summed E-state index contributed by atoms with van der Waals surface area (Å²) in [5.41, 5.74) is 1.59. The Kier molecular flexibility index (Phi) is 5.22. The first kappa shape index (κ1) is 17.3. The van der Waals surface area contributed by atoms with Crippen molar-refractivity contribution in [2.75, 3.05) is 27.4 Å². The SMILES string of the molecule is COc1ccc(CN(C)[C@H]2COC[C@H]2Oc2cnn(C)c2)cc1C#N. The Morgan fingerprint density at radius 3 is 2.96 bits per heavy atom. The van der Waals surface area contributed by atoms with E-state index >= 15 is 0 Å². The van der Waals surface area contributed by atoms with Crippen LogP contribution in [0.15, 0.2) is 30.6 Å². The second-order valence-corrected chi connectivity index (χ2v) is 6.17. The highest BCUT2D eigenvalue weighted by molar-refractivity contribution is 5.45. The Hall–Kier alpha value is -2.56. The van der Waals surface area contributed by atoms with E-state index in [-0.39, 0.29) is 12.1 Å². The van der Waals surface area contributed by atoms with Crippen molar-refractivity contribution in [3.05, 3.63) is 41.7 Å². The molecule has 0 bridgehead atoms. The molecule has 25 heavy (non-hydrogen) atoms. The number of nitrogens with zero attached hydrogens (tertiary/aromatic N) is 4. The highest BCUT2D eigenvalue weighted by Crippen LogP contribution is 2.23. The lowest BCUT2D eigenvalue weighted by atomic mass is 10.1. The summed E-state index contributed by atoms with van der Waals surface area (Å²) in [6.45, 7) is 1.86. The third kappa shape index (κ3) is 3.92. The molecule has 7 heteroatoms. The fourth-order valence-electron chi connectivity index (χ4n) is 3.03. The highest BCUT2D eigenvalue weighted by atomic mass is 16.5. The molecule has 1 aliphatic heterocycles. The van der Waals surface area contributed by atoms with Gasteiger partial charge >= 0.3 is 0 Å². The van der Waals surface area contributed by atoms with Crippen molar-refractivity contribution in [1.29, 1.82) is 5.26 Å². The number of likely N-dealkylation sites (N-methyl/N-ethyl adjacent to an activating group) is 1. The molecule has 0 amide bonds. The van der Waals surface area contributed by atoms with Crippen molar-refractivity contribution in [3.63, 3.8) is 0 Å². The minimum Gasteiger partial charge on any atom is -0.495 e. The summed E-state index contributed by atoms with van der Waals surface area (Å²) < 4.78 is 18.6. The van der Waals surface area contributed by atoms with Gasteiger partial charge in [0.05, 0.1) is 44.3 Å². The van der Waals surface area contributed by atoms with Crippen molar-refractivity contribution in [1.82, 2.24) is 14.7 Å². The van der Waals surface area contributed by atoms with Crippen LogP contribution in [0.4, 0.5) is 0 Å². The predicted octanol–water partition coefficient (Wildman–Crippen LogP) is 1.58. The normalized spacial score (nSPS) is 19.8. The van der Waals surface area contributed by atoms with Crippen molar-refractivity contribution >= 4 is 0 Å². The number of benzene rings is 1. The number of ether oxygens (including phenoxy) is 3. The van der Waals surface area contributed by atoms with Crippen LogP contribution in [0.1, 0.15) is 11.1 Å². The van der Waals surface area contributed by atoms with Gasteiger partial charge in [0.15, 0.2) is 5.75 Å². The van der Waals surface area contributed by atoms with E-state index in [0.29, 0.717) is 31.1 Å². The molecular weight excluding hydrogens is 320 g/mol. The summed E-state index contributed by atoms with van der Waals surface area (Å²) in [6.07, 6.45) is 3.50. The summed E-state index contributed by atoms with van der Waals surface area (Å²) in [6, 6.07) is 7.97. The summed E-state index contributed by atoms with van der Waals surface area (Å²) in [5, 5.41) is 13.4. The van der Waals surface area contributed by atoms with Crippen LogP contribution >= 0.6 is 0 Å². The molecule has 2 atom stereocenters. The van der Waals surface area contributed by atoms with E-state index in [2.05, 4.69) is 16.1 Å². The largest absolute Gasteiger partial charge is 0.495 e. The topological polar surface area (TPSA) is 72.5 Å². The van der Waals surface area contributed by atoms with E-state index in [4.69, 9.17) is 14.2 Å². The molecule has 1 fully saturated rings. The van der Waals surface area contributed by atoms with Crippen molar-refractivity contribution in [3.8, 4) is 17.6 Å². The van der Waals surface area contributed by atoms with Crippen LogP contribution < -0.4 is 9.47 Å². The van der Waals surface area contributed by atoms with E-state index in [0.717, 1.165) is 11.3 Å². The minimum absolute atomic E-state index is 0.0529. The van der Waals surface area contributed by atoms with Gasteiger partial charge in [-0.15, -0.1) is 0 Å². The average Bonchev–Trinajstić information content (AvgIpc) is 3.24. The van der Waals surface area contributed by atoms with Gasteiger partial charge in [-0.25, -0.2) is 0 Å². The molecule has 1 aromatic carbocycles. The maximum atomic E-state index is 9.24. The molecule has 0 unspecified atom stereocenters. The molecule has 0 spiro atoms. The summed E-state index contributed by atoms with van der Waals surface area (Å²) in [7, 11) is 5.46. The van der Waals surface area contributed by atoms with Crippen LogP contribution in [-0.4, -0.2) is 54.2 Å². The second-order valence-electron chi connectivity index (χ2n) is 6.17. The fourth-order valence-corrected chi connectivity index (χ4v) is 3.03. The summed E-state index contributed by atoms with van der Waals surface area (Å²) in [4.78, 5) is 2.19. The quantitative estimate of drug-likeness (QED) is 0.794. The predicted molar refractivity (Wildman–Crippen MR) is 91.4 cm³/mol. The molecular formula is C18H22N4O3. The zero-order chi connectivity index (χ0) is 17.8. The molecule has 7 nitrogen and oxygen atoms in total. The number of aromatic nitrogens is 2. The lowest BCUT2D eigenvalue weighted by Crippen LogP contribution is -2.42. The highest BCUT2D eigenvalue weighted by Gasteiger charge is 2.33. The van der Waals surface area contributed by atoms with Gasteiger partial charge in [-0.05, 0) is 24.7 Å². The number of methoxy groups -OCH3 is 1. The lowest BCUT2D eigenvalue weighted by Gasteiger charge is -2.28. The molecule has 132 valence electrons. The number of aryl methyl sites for hydroxylation is 1. The van der Waals surface area contributed by atoms with Crippen molar-refractivity contribution in [2.45, 2.75) is 18.7 Å².